The number of halogens is 1. The van der Waals surface area contributed by atoms with Crippen LogP contribution in [0.25, 0.3) is 0 Å². The second kappa shape index (κ2) is 9.61. The molecule has 0 spiro atoms. The average molecular weight is 414 g/mol. The Balaban J connectivity index is 1.69. The summed E-state index contributed by atoms with van der Waals surface area (Å²) in [5.41, 5.74) is -0.578. The molecule has 1 N–H and O–H groups in total. The summed E-state index contributed by atoms with van der Waals surface area (Å²) in [7, 11) is 0. The summed E-state index contributed by atoms with van der Waals surface area (Å²) in [6.45, 7) is 4.80. The van der Waals surface area contributed by atoms with E-state index in [-0.39, 0.29) is 24.9 Å². The van der Waals surface area contributed by atoms with Gasteiger partial charge in [0.1, 0.15) is 29.5 Å². The molecule has 160 valence electrons. The topological polar surface area (TPSA) is 67.9 Å². The van der Waals surface area contributed by atoms with Crippen molar-refractivity contribution in [2.75, 3.05) is 19.8 Å². The van der Waals surface area contributed by atoms with Crippen LogP contribution in [0.15, 0.2) is 48.5 Å². The molecule has 1 heterocycles. The van der Waals surface area contributed by atoms with Crippen LogP contribution in [-0.4, -0.2) is 36.6 Å². The fraction of sp³-hybridized carbons (Fsp3) is 0.391. The molecule has 1 atom stereocenters. The molecule has 1 saturated heterocycles. The van der Waals surface area contributed by atoms with Gasteiger partial charge >= 0.3 is 6.03 Å². The summed E-state index contributed by atoms with van der Waals surface area (Å²) in [4.78, 5) is 27.0. The molecule has 0 saturated carbocycles. The van der Waals surface area contributed by atoms with Gasteiger partial charge in [-0.25, -0.2) is 9.18 Å². The third-order valence-corrected chi connectivity index (χ3v) is 5.14. The number of benzene rings is 2. The average Bonchev–Trinajstić information content (AvgIpc) is 2.99. The molecular weight excluding hydrogens is 387 g/mol. The number of unbranched alkanes of at least 4 members (excludes halogenated alkanes) is 1. The maximum absolute atomic E-state index is 13.4. The van der Waals surface area contributed by atoms with Crippen LogP contribution in [-0.2, 0) is 10.3 Å². The molecule has 3 amide bonds. The predicted octanol–water partition coefficient (Wildman–Crippen LogP) is 4.24. The molecule has 0 radical (unpaired) electrons. The zero-order valence-electron chi connectivity index (χ0n) is 17.3. The molecular formula is C23H27FN2O4. The van der Waals surface area contributed by atoms with Crippen molar-refractivity contribution in [1.29, 1.82) is 0 Å². The summed E-state index contributed by atoms with van der Waals surface area (Å²) < 4.78 is 24.5. The molecule has 3 rings (SSSR count). The Kier molecular flexibility index (Phi) is 6.92. The SMILES string of the molecule is CCCC[C@]1(c2ccc(F)cc2)NC(=O)N(CCOc2ccc(OCC)cc2)C1=O. The van der Waals surface area contributed by atoms with E-state index < -0.39 is 11.6 Å². The van der Waals surface area contributed by atoms with Gasteiger partial charge in [-0.15, -0.1) is 0 Å². The van der Waals surface area contributed by atoms with E-state index in [1.165, 1.54) is 17.0 Å². The Labute approximate surface area is 176 Å². The summed E-state index contributed by atoms with van der Waals surface area (Å²) >= 11 is 0. The largest absolute Gasteiger partial charge is 0.494 e. The Bertz CT molecular complexity index is 870. The molecule has 1 aliphatic rings. The van der Waals surface area contributed by atoms with E-state index in [1.54, 1.807) is 36.4 Å². The van der Waals surface area contributed by atoms with Crippen molar-refractivity contribution < 1.29 is 23.5 Å². The quantitative estimate of drug-likeness (QED) is 0.591. The Morgan fingerprint density at radius 1 is 0.967 bits per heavy atom. The molecule has 1 aliphatic heterocycles. The van der Waals surface area contributed by atoms with Crippen LogP contribution in [0.4, 0.5) is 9.18 Å². The van der Waals surface area contributed by atoms with E-state index in [0.717, 1.165) is 18.6 Å². The number of ether oxygens (including phenoxy) is 2. The number of hydrogen-bond acceptors (Lipinski definition) is 4. The van der Waals surface area contributed by atoms with Gasteiger partial charge < -0.3 is 14.8 Å². The molecule has 0 aliphatic carbocycles. The minimum Gasteiger partial charge on any atom is -0.494 e. The van der Waals surface area contributed by atoms with Gasteiger partial charge in [0.25, 0.3) is 5.91 Å². The summed E-state index contributed by atoms with van der Waals surface area (Å²) in [5.74, 6) is 0.657. The molecule has 7 heteroatoms. The first kappa shape index (κ1) is 21.6. The minimum atomic E-state index is -1.17. The number of imide groups is 1. The van der Waals surface area contributed by atoms with Crippen LogP contribution < -0.4 is 14.8 Å². The Hall–Kier alpha value is -3.09. The van der Waals surface area contributed by atoms with Gasteiger partial charge in [0.2, 0.25) is 0 Å². The van der Waals surface area contributed by atoms with E-state index in [1.807, 2.05) is 13.8 Å². The highest BCUT2D eigenvalue weighted by molar-refractivity contribution is 6.07. The molecule has 0 bridgehead atoms. The van der Waals surface area contributed by atoms with Crippen molar-refractivity contribution in [3.05, 3.63) is 59.9 Å². The number of nitrogens with one attached hydrogen (secondary N) is 1. The molecule has 6 nitrogen and oxygen atoms in total. The Morgan fingerprint density at radius 2 is 1.60 bits per heavy atom. The molecule has 0 aromatic heterocycles. The number of carbonyl (C=O) groups is 2. The summed E-state index contributed by atoms with van der Waals surface area (Å²) in [6, 6.07) is 12.4. The van der Waals surface area contributed by atoms with E-state index >= 15 is 0 Å². The van der Waals surface area contributed by atoms with Crippen LogP contribution in [0.2, 0.25) is 0 Å². The highest BCUT2D eigenvalue weighted by Crippen LogP contribution is 2.34. The normalized spacial score (nSPS) is 18.4. The van der Waals surface area contributed by atoms with Gasteiger partial charge in [-0.1, -0.05) is 31.9 Å². The van der Waals surface area contributed by atoms with Crippen LogP contribution in [0.1, 0.15) is 38.7 Å². The molecule has 2 aromatic rings. The molecule has 1 fully saturated rings. The smallest absolute Gasteiger partial charge is 0.325 e. The number of carbonyl (C=O) groups excluding carboxylic acids is 2. The second-order valence-corrected chi connectivity index (χ2v) is 7.16. The van der Waals surface area contributed by atoms with E-state index in [0.29, 0.717) is 24.3 Å². The van der Waals surface area contributed by atoms with Crippen LogP contribution in [0, 0.1) is 5.82 Å². The van der Waals surface area contributed by atoms with Crippen LogP contribution in [0.5, 0.6) is 11.5 Å². The number of rotatable bonds is 10. The van der Waals surface area contributed by atoms with Crippen molar-refractivity contribution >= 4 is 11.9 Å². The lowest BCUT2D eigenvalue weighted by Crippen LogP contribution is -2.44. The van der Waals surface area contributed by atoms with Gasteiger partial charge in [0, 0.05) is 0 Å². The maximum atomic E-state index is 13.4. The van der Waals surface area contributed by atoms with Crippen LogP contribution in [0.3, 0.4) is 0 Å². The lowest BCUT2D eigenvalue weighted by atomic mass is 9.85. The van der Waals surface area contributed by atoms with Gasteiger partial charge in [0.15, 0.2) is 0 Å². The third-order valence-electron chi connectivity index (χ3n) is 5.14. The summed E-state index contributed by atoms with van der Waals surface area (Å²) in [5, 5.41) is 2.85. The van der Waals surface area contributed by atoms with Gasteiger partial charge in [-0.3, -0.25) is 9.69 Å². The lowest BCUT2D eigenvalue weighted by Gasteiger charge is -2.27. The highest BCUT2D eigenvalue weighted by Gasteiger charge is 2.51. The predicted molar refractivity (Wildman–Crippen MR) is 111 cm³/mol. The van der Waals surface area contributed by atoms with Crippen LogP contribution >= 0.6 is 0 Å². The summed E-state index contributed by atoms with van der Waals surface area (Å²) in [6.07, 6.45) is 2.07. The Morgan fingerprint density at radius 3 is 2.20 bits per heavy atom. The molecule has 0 unspecified atom stereocenters. The third kappa shape index (κ3) is 4.56. The number of nitrogens with zero attached hydrogens (tertiary/aromatic N) is 1. The van der Waals surface area contributed by atoms with E-state index in [9.17, 15) is 14.0 Å². The minimum absolute atomic E-state index is 0.118. The molecule has 30 heavy (non-hydrogen) atoms. The second-order valence-electron chi connectivity index (χ2n) is 7.16. The van der Waals surface area contributed by atoms with Gasteiger partial charge in [-0.05, 0) is 55.3 Å². The molecule has 2 aromatic carbocycles. The first-order valence-corrected chi connectivity index (χ1v) is 10.3. The highest BCUT2D eigenvalue weighted by atomic mass is 19.1. The number of hydrogen-bond donors (Lipinski definition) is 1. The van der Waals surface area contributed by atoms with E-state index in [2.05, 4.69) is 5.32 Å². The fourth-order valence-electron chi connectivity index (χ4n) is 3.57. The number of urea groups is 1. The van der Waals surface area contributed by atoms with Crippen molar-refractivity contribution in [3.8, 4) is 11.5 Å². The first-order chi connectivity index (χ1) is 14.5. The number of amides is 3. The lowest BCUT2D eigenvalue weighted by molar-refractivity contribution is -0.132. The van der Waals surface area contributed by atoms with Crippen molar-refractivity contribution in [2.45, 2.75) is 38.6 Å². The fourth-order valence-corrected chi connectivity index (χ4v) is 3.57. The zero-order valence-corrected chi connectivity index (χ0v) is 17.3. The zero-order chi connectivity index (χ0) is 21.6. The maximum Gasteiger partial charge on any atom is 0.325 e. The van der Waals surface area contributed by atoms with Gasteiger partial charge in [-0.2, -0.15) is 0 Å². The van der Waals surface area contributed by atoms with Gasteiger partial charge in [0.05, 0.1) is 13.2 Å². The van der Waals surface area contributed by atoms with Crippen molar-refractivity contribution in [2.24, 2.45) is 0 Å². The van der Waals surface area contributed by atoms with Crippen molar-refractivity contribution in [3.63, 3.8) is 0 Å². The standard InChI is InChI=1S/C23H27FN2O4/c1-3-5-14-23(17-6-8-18(24)9-7-17)21(27)26(22(28)25-23)15-16-30-20-12-10-19(11-13-20)29-4-2/h6-13H,3-5,14-16H2,1-2H3,(H,25,28)/t23-/m1/s1. The first-order valence-electron chi connectivity index (χ1n) is 10.3. The van der Waals surface area contributed by atoms with Crippen molar-refractivity contribution in [1.82, 2.24) is 10.2 Å². The monoisotopic (exact) mass is 414 g/mol. The van der Waals surface area contributed by atoms with E-state index in [4.69, 9.17) is 9.47 Å².